The molecule has 1 N–H and O–H groups in total. The van der Waals surface area contributed by atoms with E-state index in [9.17, 15) is 10.1 Å². The van der Waals surface area contributed by atoms with Crippen LogP contribution < -0.4 is 5.32 Å². The minimum Gasteiger partial charge on any atom is -0.383 e. The van der Waals surface area contributed by atoms with Crippen molar-refractivity contribution in [3.8, 4) is 0 Å². The Morgan fingerprint density at radius 2 is 1.95 bits per heavy atom. The molecule has 5 nitrogen and oxygen atoms in total. The maximum absolute atomic E-state index is 10.6. The average molecular weight is 269 g/mol. The van der Waals surface area contributed by atoms with Gasteiger partial charge in [0, 0.05) is 30.6 Å². The Labute approximate surface area is 117 Å². The van der Waals surface area contributed by atoms with Gasteiger partial charge < -0.3 is 5.32 Å². The van der Waals surface area contributed by atoms with Crippen LogP contribution in [0.4, 0.5) is 11.4 Å². The molecular formula is C15H15N3O2. The number of nitro groups is 1. The van der Waals surface area contributed by atoms with Crippen molar-refractivity contribution < 1.29 is 4.92 Å². The van der Waals surface area contributed by atoms with E-state index in [0.717, 1.165) is 17.8 Å². The molecule has 0 unspecified atom stereocenters. The van der Waals surface area contributed by atoms with Crippen molar-refractivity contribution in [2.45, 2.75) is 0 Å². The number of anilines is 1. The van der Waals surface area contributed by atoms with Crippen molar-refractivity contribution in [2.24, 2.45) is 4.99 Å². The molecule has 0 atom stereocenters. The van der Waals surface area contributed by atoms with Crippen LogP contribution in [0.1, 0.15) is 5.56 Å². The monoisotopic (exact) mass is 269 g/mol. The fourth-order valence-electron chi connectivity index (χ4n) is 1.71. The summed E-state index contributed by atoms with van der Waals surface area (Å²) in [5.74, 6) is 0. The number of nitrogens with one attached hydrogen (secondary N) is 1. The zero-order valence-corrected chi connectivity index (χ0v) is 10.9. The predicted molar refractivity (Wildman–Crippen MR) is 80.5 cm³/mol. The molecule has 2 rings (SSSR count). The van der Waals surface area contributed by atoms with Crippen LogP contribution in [0.2, 0.25) is 0 Å². The van der Waals surface area contributed by atoms with Gasteiger partial charge in [-0.15, -0.1) is 0 Å². The lowest BCUT2D eigenvalue weighted by atomic mass is 10.2. The second kappa shape index (κ2) is 7.04. The second-order valence-electron chi connectivity index (χ2n) is 4.18. The average Bonchev–Trinajstić information content (AvgIpc) is 2.48. The first kappa shape index (κ1) is 13.7. The van der Waals surface area contributed by atoms with Gasteiger partial charge in [0.15, 0.2) is 0 Å². The molecular weight excluding hydrogens is 254 g/mol. The van der Waals surface area contributed by atoms with Gasteiger partial charge in [-0.25, -0.2) is 0 Å². The van der Waals surface area contributed by atoms with E-state index < -0.39 is 4.92 Å². The van der Waals surface area contributed by atoms with Crippen LogP contribution in [0.3, 0.4) is 0 Å². The van der Waals surface area contributed by atoms with Gasteiger partial charge in [0.25, 0.3) is 5.69 Å². The van der Waals surface area contributed by atoms with E-state index >= 15 is 0 Å². The van der Waals surface area contributed by atoms with E-state index in [1.165, 1.54) is 12.1 Å². The van der Waals surface area contributed by atoms with Gasteiger partial charge in [-0.1, -0.05) is 30.3 Å². The number of benzene rings is 2. The minimum absolute atomic E-state index is 0.0800. The molecule has 20 heavy (non-hydrogen) atoms. The number of hydrogen-bond donors (Lipinski definition) is 1. The maximum atomic E-state index is 10.6. The van der Waals surface area contributed by atoms with Gasteiger partial charge in [-0.05, 0) is 17.7 Å². The first-order valence-corrected chi connectivity index (χ1v) is 6.29. The van der Waals surface area contributed by atoms with E-state index in [4.69, 9.17) is 0 Å². The second-order valence-corrected chi connectivity index (χ2v) is 4.18. The molecule has 0 bridgehead atoms. The first-order valence-electron chi connectivity index (χ1n) is 6.29. The van der Waals surface area contributed by atoms with Gasteiger partial charge >= 0.3 is 0 Å². The van der Waals surface area contributed by atoms with Crippen molar-refractivity contribution in [1.82, 2.24) is 0 Å². The number of non-ortho nitro benzene ring substituents is 1. The van der Waals surface area contributed by atoms with Crippen LogP contribution in [-0.4, -0.2) is 24.2 Å². The summed E-state index contributed by atoms with van der Waals surface area (Å²) in [4.78, 5) is 14.5. The molecule has 0 aliphatic carbocycles. The third-order valence-corrected chi connectivity index (χ3v) is 2.67. The van der Waals surface area contributed by atoms with Gasteiger partial charge in [-0.3, -0.25) is 15.1 Å². The van der Waals surface area contributed by atoms with Crippen LogP contribution in [0.5, 0.6) is 0 Å². The number of rotatable bonds is 6. The quantitative estimate of drug-likeness (QED) is 0.379. The molecule has 0 aromatic heterocycles. The van der Waals surface area contributed by atoms with Gasteiger partial charge in [0.2, 0.25) is 0 Å². The topological polar surface area (TPSA) is 67.5 Å². The van der Waals surface area contributed by atoms with E-state index in [0.29, 0.717) is 6.54 Å². The summed E-state index contributed by atoms with van der Waals surface area (Å²) in [5, 5.41) is 13.9. The maximum Gasteiger partial charge on any atom is 0.270 e. The molecule has 0 heterocycles. The molecule has 2 aromatic rings. The van der Waals surface area contributed by atoms with Gasteiger partial charge in [0.1, 0.15) is 0 Å². The zero-order chi connectivity index (χ0) is 14.2. The van der Waals surface area contributed by atoms with E-state index in [-0.39, 0.29) is 5.69 Å². The van der Waals surface area contributed by atoms with Crippen molar-refractivity contribution in [3.05, 3.63) is 70.3 Å². The van der Waals surface area contributed by atoms with Crippen LogP contribution in [0.15, 0.2) is 59.6 Å². The summed E-state index contributed by atoms with van der Waals surface area (Å²) >= 11 is 0. The summed E-state index contributed by atoms with van der Waals surface area (Å²) in [6.45, 7) is 1.33. The number of para-hydroxylation sites is 1. The number of nitrogens with zero attached hydrogens (tertiary/aromatic N) is 2. The normalized spacial score (nSPS) is 10.6. The Bertz CT molecular complexity index is 597. The van der Waals surface area contributed by atoms with E-state index in [1.54, 1.807) is 18.3 Å². The molecule has 0 radical (unpaired) electrons. The lowest BCUT2D eigenvalue weighted by Gasteiger charge is -2.02. The smallest absolute Gasteiger partial charge is 0.270 e. The van der Waals surface area contributed by atoms with Crippen LogP contribution in [0.25, 0.3) is 0 Å². The largest absolute Gasteiger partial charge is 0.383 e. The van der Waals surface area contributed by atoms with Gasteiger partial charge in [-0.2, -0.15) is 0 Å². The molecule has 5 heteroatoms. The summed E-state index contributed by atoms with van der Waals surface area (Å²) in [6.07, 6.45) is 1.65. The molecule has 0 aliphatic heterocycles. The Balaban J connectivity index is 1.82. The van der Waals surface area contributed by atoms with Crippen LogP contribution >= 0.6 is 0 Å². The molecule has 2 aromatic carbocycles. The zero-order valence-electron chi connectivity index (χ0n) is 10.9. The molecule has 0 spiro atoms. The van der Waals surface area contributed by atoms with Crippen molar-refractivity contribution >= 4 is 17.6 Å². The minimum atomic E-state index is -0.408. The standard InChI is InChI=1S/C15H15N3O2/c19-18(20)15-8-4-5-13(11-15)12-16-9-10-17-14-6-2-1-3-7-14/h1-8,11-12,17H,9-10H2. The summed E-state index contributed by atoms with van der Waals surface area (Å²) in [7, 11) is 0. The SMILES string of the molecule is O=[N+]([O-])c1cccc(C=NCCNc2ccccc2)c1. The summed E-state index contributed by atoms with van der Waals surface area (Å²) in [5.41, 5.74) is 1.87. The molecule has 0 saturated carbocycles. The van der Waals surface area contributed by atoms with Crippen molar-refractivity contribution in [1.29, 1.82) is 0 Å². The predicted octanol–water partition coefficient (Wildman–Crippen LogP) is 3.13. The molecule has 0 amide bonds. The fraction of sp³-hybridized carbons (Fsp3) is 0.133. The molecule has 102 valence electrons. The van der Waals surface area contributed by atoms with Crippen molar-refractivity contribution in [3.63, 3.8) is 0 Å². The highest BCUT2D eigenvalue weighted by Gasteiger charge is 2.03. The Morgan fingerprint density at radius 3 is 2.70 bits per heavy atom. The highest BCUT2D eigenvalue weighted by Crippen LogP contribution is 2.11. The Morgan fingerprint density at radius 1 is 1.15 bits per heavy atom. The fourth-order valence-corrected chi connectivity index (χ4v) is 1.71. The summed E-state index contributed by atoms with van der Waals surface area (Å²) in [6, 6.07) is 16.3. The molecule has 0 aliphatic rings. The summed E-state index contributed by atoms with van der Waals surface area (Å²) < 4.78 is 0. The van der Waals surface area contributed by atoms with Crippen LogP contribution in [-0.2, 0) is 0 Å². The lowest BCUT2D eigenvalue weighted by Crippen LogP contribution is -2.04. The van der Waals surface area contributed by atoms with E-state index in [1.807, 2.05) is 30.3 Å². The third kappa shape index (κ3) is 4.20. The number of nitro benzene ring substituents is 1. The highest BCUT2D eigenvalue weighted by atomic mass is 16.6. The molecule has 0 saturated heterocycles. The van der Waals surface area contributed by atoms with Crippen molar-refractivity contribution in [2.75, 3.05) is 18.4 Å². The molecule has 0 fully saturated rings. The van der Waals surface area contributed by atoms with E-state index in [2.05, 4.69) is 10.3 Å². The number of aliphatic imine (C=N–C) groups is 1. The number of hydrogen-bond acceptors (Lipinski definition) is 4. The van der Waals surface area contributed by atoms with Gasteiger partial charge in [0.05, 0.1) is 11.5 Å². The first-order chi connectivity index (χ1) is 9.75. The lowest BCUT2D eigenvalue weighted by molar-refractivity contribution is -0.384. The van der Waals surface area contributed by atoms with Crippen LogP contribution in [0, 0.1) is 10.1 Å². The Kier molecular flexibility index (Phi) is 4.83. The Hall–Kier alpha value is -2.69. The third-order valence-electron chi connectivity index (χ3n) is 2.67. The highest BCUT2D eigenvalue weighted by molar-refractivity contribution is 5.80.